The van der Waals surface area contributed by atoms with E-state index in [-0.39, 0.29) is 4.83 Å². The molecule has 0 amide bonds. The Hall–Kier alpha value is -3.40. The van der Waals surface area contributed by atoms with E-state index in [2.05, 4.69) is 20.3 Å². The zero-order valence-electron chi connectivity index (χ0n) is 15.9. The number of fused-ring (bicyclic) bond motifs is 2. The molecule has 1 N–H and O–H groups in total. The molecule has 4 heterocycles. The van der Waals surface area contributed by atoms with E-state index in [1.165, 1.54) is 0 Å². The topological polar surface area (TPSA) is 69.2 Å². The number of nitrogens with zero attached hydrogens (tertiary/aromatic N) is 3. The molecule has 0 radical (unpaired) electrons. The maximum Gasteiger partial charge on any atom is 0.425 e. The lowest BCUT2D eigenvalue weighted by Gasteiger charge is -2.19. The Balaban J connectivity index is 1.52. The molecule has 1 aromatic carbocycles. The number of benzene rings is 1. The third-order valence-corrected chi connectivity index (χ3v) is 5.73. The van der Waals surface area contributed by atoms with Gasteiger partial charge in [-0.05, 0) is 35.9 Å². The minimum atomic E-state index is -4.45. The van der Waals surface area contributed by atoms with Crippen LogP contribution in [0.15, 0.2) is 48.8 Å². The predicted molar refractivity (Wildman–Crippen MR) is 110 cm³/mol. The third kappa shape index (κ3) is 3.98. The lowest BCUT2D eigenvalue weighted by Crippen LogP contribution is -2.15. The van der Waals surface area contributed by atoms with Gasteiger partial charge in [0.2, 0.25) is 0 Å². The normalized spacial score (nSPS) is 13.4. The van der Waals surface area contributed by atoms with Crippen LogP contribution < -0.4 is 14.8 Å². The van der Waals surface area contributed by atoms with Crippen molar-refractivity contribution in [1.29, 1.82) is 0 Å². The molecule has 31 heavy (non-hydrogen) atoms. The van der Waals surface area contributed by atoms with Gasteiger partial charge < -0.3 is 14.8 Å². The van der Waals surface area contributed by atoms with E-state index in [0.717, 1.165) is 11.6 Å². The summed E-state index contributed by atoms with van der Waals surface area (Å²) in [7, 11) is 0. The van der Waals surface area contributed by atoms with Crippen LogP contribution in [0, 0.1) is 0 Å². The second-order valence-corrected chi connectivity index (χ2v) is 7.83. The summed E-state index contributed by atoms with van der Waals surface area (Å²) in [6, 6.07) is 10.1. The highest BCUT2D eigenvalue weighted by Crippen LogP contribution is 2.40. The van der Waals surface area contributed by atoms with Crippen molar-refractivity contribution in [2.75, 3.05) is 18.5 Å². The second-order valence-electron chi connectivity index (χ2n) is 6.80. The minimum Gasteiger partial charge on any atom is -0.486 e. The average molecular weight is 444 g/mol. The number of anilines is 1. The summed E-state index contributed by atoms with van der Waals surface area (Å²) in [5, 5.41) is 3.48. The molecule has 1 aliphatic rings. The molecule has 0 saturated carbocycles. The molecule has 1 aliphatic heterocycles. The summed E-state index contributed by atoms with van der Waals surface area (Å²) in [5.41, 5.74) is 1.50. The van der Waals surface area contributed by atoms with Gasteiger partial charge in [-0.3, -0.25) is 4.98 Å². The minimum absolute atomic E-state index is 0.255. The molecule has 0 unspecified atom stereocenters. The van der Waals surface area contributed by atoms with Crippen molar-refractivity contribution in [3.63, 3.8) is 0 Å². The molecule has 6 nitrogen and oxygen atoms in total. The van der Waals surface area contributed by atoms with Gasteiger partial charge in [0.05, 0.1) is 5.39 Å². The Bertz CT molecular complexity index is 1240. The van der Waals surface area contributed by atoms with Gasteiger partial charge >= 0.3 is 6.18 Å². The first kappa shape index (κ1) is 19.6. The van der Waals surface area contributed by atoms with Crippen molar-refractivity contribution in [2.45, 2.75) is 12.7 Å². The molecule has 0 aliphatic carbocycles. The Kier molecular flexibility index (Phi) is 4.85. The number of hydrogen-bond acceptors (Lipinski definition) is 7. The molecule has 0 spiro atoms. The number of alkyl halides is 3. The monoisotopic (exact) mass is 444 g/mol. The van der Waals surface area contributed by atoms with Crippen molar-refractivity contribution in [2.24, 2.45) is 0 Å². The van der Waals surface area contributed by atoms with Gasteiger partial charge in [-0.15, -0.1) is 11.3 Å². The lowest BCUT2D eigenvalue weighted by atomic mass is 10.2. The number of aromatic nitrogens is 3. The van der Waals surface area contributed by atoms with Crippen LogP contribution in [0.25, 0.3) is 21.6 Å². The summed E-state index contributed by atoms with van der Waals surface area (Å²) in [6.07, 6.45) is -1.27. The molecule has 0 atom stereocenters. The highest BCUT2D eigenvalue weighted by Gasteiger charge is 2.33. The Morgan fingerprint density at radius 2 is 1.87 bits per heavy atom. The van der Waals surface area contributed by atoms with Gasteiger partial charge in [-0.25, -0.2) is 9.97 Å². The standard InChI is InChI=1S/C21H15F3N4O2S/c22-21(23,24)17-9-14-19(26-10-12-3-4-15-16(8-12)30-7-6-29-15)27-18(28-20(14)31-17)13-2-1-5-25-11-13/h1-5,8-9,11H,6-7,10H2,(H,26,27,28). The Morgan fingerprint density at radius 1 is 1.03 bits per heavy atom. The fraction of sp³-hybridized carbons (Fsp3) is 0.190. The number of nitrogens with one attached hydrogen (secondary N) is 1. The van der Waals surface area contributed by atoms with Gasteiger partial charge in [0, 0.05) is 24.5 Å². The van der Waals surface area contributed by atoms with E-state index < -0.39 is 11.1 Å². The van der Waals surface area contributed by atoms with Crippen LogP contribution in [0.3, 0.4) is 0 Å². The van der Waals surface area contributed by atoms with Crippen LogP contribution in [0.2, 0.25) is 0 Å². The first-order valence-corrected chi connectivity index (χ1v) is 10.2. The van der Waals surface area contributed by atoms with E-state index in [4.69, 9.17) is 9.47 Å². The summed E-state index contributed by atoms with van der Waals surface area (Å²) in [6.45, 7) is 1.31. The second kappa shape index (κ2) is 7.69. The van der Waals surface area contributed by atoms with E-state index >= 15 is 0 Å². The fourth-order valence-electron chi connectivity index (χ4n) is 3.20. The van der Waals surface area contributed by atoms with E-state index in [1.54, 1.807) is 24.5 Å². The van der Waals surface area contributed by atoms with Crippen LogP contribution in [0.4, 0.5) is 19.0 Å². The van der Waals surface area contributed by atoms with E-state index in [9.17, 15) is 13.2 Å². The highest BCUT2D eigenvalue weighted by molar-refractivity contribution is 7.18. The maximum absolute atomic E-state index is 13.3. The quantitative estimate of drug-likeness (QED) is 0.469. The average Bonchev–Trinajstić information content (AvgIpc) is 3.23. The predicted octanol–water partition coefficient (Wildman–Crippen LogP) is 5.16. The molecule has 3 aromatic heterocycles. The maximum atomic E-state index is 13.3. The van der Waals surface area contributed by atoms with E-state index in [0.29, 0.717) is 65.2 Å². The number of hydrogen-bond donors (Lipinski definition) is 1. The zero-order chi connectivity index (χ0) is 21.4. The largest absolute Gasteiger partial charge is 0.486 e. The molecular formula is C21H15F3N4O2S. The Labute approximate surface area is 178 Å². The van der Waals surface area contributed by atoms with Crippen LogP contribution in [-0.2, 0) is 12.7 Å². The lowest BCUT2D eigenvalue weighted by molar-refractivity contribution is -0.134. The van der Waals surface area contributed by atoms with Crippen molar-refractivity contribution in [1.82, 2.24) is 15.0 Å². The smallest absolute Gasteiger partial charge is 0.425 e. The van der Waals surface area contributed by atoms with Gasteiger partial charge in [0.15, 0.2) is 17.3 Å². The van der Waals surface area contributed by atoms with Crippen molar-refractivity contribution >= 4 is 27.4 Å². The van der Waals surface area contributed by atoms with Gasteiger partial charge in [-0.2, -0.15) is 13.2 Å². The van der Waals surface area contributed by atoms with Gasteiger partial charge in [-0.1, -0.05) is 6.07 Å². The first-order valence-electron chi connectivity index (χ1n) is 9.39. The van der Waals surface area contributed by atoms with Crippen molar-refractivity contribution < 1.29 is 22.6 Å². The molecule has 158 valence electrons. The number of halogens is 3. The first-order chi connectivity index (χ1) is 15.0. The third-order valence-electron chi connectivity index (χ3n) is 4.66. The number of pyridine rings is 1. The van der Waals surface area contributed by atoms with Crippen LogP contribution >= 0.6 is 11.3 Å². The summed E-state index contributed by atoms with van der Waals surface area (Å²) < 4.78 is 51.0. The molecule has 0 fully saturated rings. The molecule has 4 aromatic rings. The summed E-state index contributed by atoms with van der Waals surface area (Å²) in [5.74, 6) is 1.95. The molecule has 5 rings (SSSR count). The van der Waals surface area contributed by atoms with Gasteiger partial charge in [0.1, 0.15) is 28.7 Å². The van der Waals surface area contributed by atoms with Crippen LogP contribution in [0.5, 0.6) is 11.5 Å². The van der Waals surface area contributed by atoms with Crippen LogP contribution in [-0.4, -0.2) is 28.2 Å². The van der Waals surface area contributed by atoms with Crippen molar-refractivity contribution in [3.05, 3.63) is 59.2 Å². The number of ether oxygens (including phenoxy) is 2. The fourth-order valence-corrected chi connectivity index (χ4v) is 4.10. The zero-order valence-corrected chi connectivity index (χ0v) is 16.8. The molecule has 0 saturated heterocycles. The Morgan fingerprint density at radius 3 is 2.65 bits per heavy atom. The molecular weight excluding hydrogens is 429 g/mol. The summed E-state index contributed by atoms with van der Waals surface area (Å²) in [4.78, 5) is 12.4. The molecule has 0 bridgehead atoms. The van der Waals surface area contributed by atoms with Crippen LogP contribution in [0.1, 0.15) is 10.4 Å². The van der Waals surface area contributed by atoms with Crippen molar-refractivity contribution in [3.8, 4) is 22.9 Å². The van der Waals surface area contributed by atoms with E-state index in [1.807, 2.05) is 18.2 Å². The number of thiophene rings is 1. The SMILES string of the molecule is FC(F)(F)c1cc2c(NCc3ccc4c(c3)OCCO4)nc(-c3cccnc3)nc2s1. The summed E-state index contributed by atoms with van der Waals surface area (Å²) >= 11 is 0.594. The van der Waals surface area contributed by atoms with Gasteiger partial charge in [0.25, 0.3) is 0 Å². The number of rotatable bonds is 4. The molecule has 10 heteroatoms. The highest BCUT2D eigenvalue weighted by atomic mass is 32.1.